The highest BCUT2D eigenvalue weighted by molar-refractivity contribution is 7.80. The molecule has 1 N–H and O–H groups in total. The Morgan fingerprint density at radius 1 is 0.912 bits per heavy atom. The predicted molar refractivity (Wildman–Crippen MR) is 144 cm³/mol. The molecule has 1 aliphatic rings. The summed E-state index contributed by atoms with van der Waals surface area (Å²) < 4.78 is 2.35. The molecule has 0 unspecified atom stereocenters. The summed E-state index contributed by atoms with van der Waals surface area (Å²) in [5, 5.41) is 4.31. The molecule has 2 atom stereocenters. The Morgan fingerprint density at radius 3 is 2.38 bits per heavy atom. The largest absolute Gasteiger partial charge is 0.351 e. The van der Waals surface area contributed by atoms with Crippen molar-refractivity contribution in [3.05, 3.63) is 113 Å². The highest BCUT2D eigenvalue weighted by Gasteiger charge is 2.42. The fraction of sp³-hybridized carbons (Fsp3) is 0.241. The molecule has 1 fully saturated rings. The van der Waals surface area contributed by atoms with Gasteiger partial charge in [0.15, 0.2) is 5.11 Å². The summed E-state index contributed by atoms with van der Waals surface area (Å²) in [5.41, 5.74) is 9.50. The Balaban J connectivity index is 1.66. The molecule has 0 aliphatic carbocycles. The number of rotatable bonds is 5. The molecule has 5 heteroatoms. The summed E-state index contributed by atoms with van der Waals surface area (Å²) in [7, 11) is 0. The van der Waals surface area contributed by atoms with Crippen LogP contribution in [0.15, 0.2) is 79.0 Å². The minimum Gasteiger partial charge on any atom is -0.351 e. The van der Waals surface area contributed by atoms with Gasteiger partial charge in [-0.15, -0.1) is 0 Å². The van der Waals surface area contributed by atoms with Crippen molar-refractivity contribution < 1.29 is 0 Å². The van der Waals surface area contributed by atoms with Crippen molar-refractivity contribution in [3.8, 4) is 5.69 Å². The fourth-order valence-electron chi connectivity index (χ4n) is 5.09. The van der Waals surface area contributed by atoms with Crippen molar-refractivity contribution in [3.63, 3.8) is 0 Å². The number of nitrogens with zero attached hydrogens (tertiary/aromatic N) is 3. The Bertz CT molecular complexity index is 1320. The Labute approximate surface area is 207 Å². The first-order valence-corrected chi connectivity index (χ1v) is 12.2. The molecule has 0 bridgehead atoms. The SMILES string of the molecule is CCc1ccc(-n2c(C)cc([C@H]3[C@@H](c4ccccn4)NC(=S)N3c3cccc(C)c3)c2C)cc1. The normalized spacial score (nSPS) is 17.8. The third-order valence-electron chi connectivity index (χ3n) is 6.77. The number of thiocarbonyl (C=S) groups is 1. The van der Waals surface area contributed by atoms with Crippen LogP contribution in [0.5, 0.6) is 0 Å². The molecule has 0 saturated carbocycles. The molecule has 34 heavy (non-hydrogen) atoms. The van der Waals surface area contributed by atoms with Gasteiger partial charge in [0.1, 0.15) is 0 Å². The summed E-state index contributed by atoms with van der Waals surface area (Å²) >= 11 is 5.90. The second-order valence-corrected chi connectivity index (χ2v) is 9.40. The second kappa shape index (κ2) is 9.07. The average molecular weight is 467 g/mol. The van der Waals surface area contributed by atoms with Crippen molar-refractivity contribution in [2.24, 2.45) is 0 Å². The van der Waals surface area contributed by atoms with E-state index >= 15 is 0 Å². The molecule has 172 valence electrons. The lowest BCUT2D eigenvalue weighted by molar-refractivity contribution is 0.565. The van der Waals surface area contributed by atoms with Gasteiger partial charge < -0.3 is 14.8 Å². The topological polar surface area (TPSA) is 33.1 Å². The van der Waals surface area contributed by atoms with Crippen LogP contribution in [0.3, 0.4) is 0 Å². The van der Waals surface area contributed by atoms with Crippen LogP contribution in [-0.2, 0) is 6.42 Å². The van der Waals surface area contributed by atoms with E-state index in [2.05, 4.69) is 103 Å². The summed E-state index contributed by atoms with van der Waals surface area (Å²) in [5.74, 6) is 0. The Morgan fingerprint density at radius 2 is 1.71 bits per heavy atom. The van der Waals surface area contributed by atoms with E-state index in [1.165, 1.54) is 33.8 Å². The second-order valence-electron chi connectivity index (χ2n) is 9.02. The number of nitrogens with one attached hydrogen (secondary N) is 1. The smallest absolute Gasteiger partial charge is 0.174 e. The minimum atomic E-state index is -0.0503. The van der Waals surface area contributed by atoms with Gasteiger partial charge in [0, 0.05) is 29.0 Å². The number of hydrogen-bond donors (Lipinski definition) is 1. The third-order valence-corrected chi connectivity index (χ3v) is 7.08. The van der Waals surface area contributed by atoms with Crippen molar-refractivity contribution in [1.29, 1.82) is 0 Å². The molecular formula is C29H30N4S. The minimum absolute atomic E-state index is 0.0148. The lowest BCUT2D eigenvalue weighted by atomic mass is 9.96. The van der Waals surface area contributed by atoms with Crippen LogP contribution >= 0.6 is 12.2 Å². The maximum absolute atomic E-state index is 5.90. The van der Waals surface area contributed by atoms with Gasteiger partial charge in [-0.2, -0.15) is 0 Å². The molecule has 0 amide bonds. The van der Waals surface area contributed by atoms with Gasteiger partial charge in [0.25, 0.3) is 0 Å². The van der Waals surface area contributed by atoms with Gasteiger partial charge in [-0.25, -0.2) is 0 Å². The summed E-state index contributed by atoms with van der Waals surface area (Å²) in [6, 6.07) is 25.7. The first-order valence-electron chi connectivity index (χ1n) is 11.8. The first-order chi connectivity index (χ1) is 16.5. The highest BCUT2D eigenvalue weighted by Crippen LogP contribution is 2.43. The van der Waals surface area contributed by atoms with Crippen LogP contribution in [0.25, 0.3) is 5.69 Å². The van der Waals surface area contributed by atoms with Crippen molar-refractivity contribution in [1.82, 2.24) is 14.9 Å². The number of aryl methyl sites for hydroxylation is 3. The molecule has 1 aliphatic heterocycles. The van der Waals surface area contributed by atoms with Gasteiger partial charge >= 0.3 is 0 Å². The van der Waals surface area contributed by atoms with Gasteiger partial charge in [0.05, 0.1) is 17.8 Å². The fourth-order valence-corrected chi connectivity index (χ4v) is 5.44. The van der Waals surface area contributed by atoms with E-state index in [0.717, 1.165) is 22.9 Å². The van der Waals surface area contributed by atoms with Gasteiger partial charge in [0.2, 0.25) is 0 Å². The van der Waals surface area contributed by atoms with Crippen LogP contribution < -0.4 is 10.2 Å². The van der Waals surface area contributed by atoms with Crippen LogP contribution in [-0.4, -0.2) is 14.7 Å². The van der Waals surface area contributed by atoms with Crippen LogP contribution in [0.1, 0.15) is 52.8 Å². The van der Waals surface area contributed by atoms with E-state index in [0.29, 0.717) is 0 Å². The zero-order valence-corrected chi connectivity index (χ0v) is 20.9. The van der Waals surface area contributed by atoms with Crippen molar-refractivity contribution in [2.75, 3.05) is 4.90 Å². The van der Waals surface area contributed by atoms with Gasteiger partial charge in [-0.1, -0.05) is 37.3 Å². The lowest BCUT2D eigenvalue weighted by Gasteiger charge is -2.28. The standard InChI is InChI=1S/C29H30N4S/c1-5-22-12-14-23(15-13-22)32-20(3)18-25(21(32)4)28-27(26-11-6-7-16-30-26)31-29(34)33(28)24-10-8-9-19(2)17-24/h6-18,27-28H,5H2,1-4H3,(H,31,34)/t27-,28+/m1/s1. The molecule has 1 saturated heterocycles. The summed E-state index contributed by atoms with van der Waals surface area (Å²) in [6.07, 6.45) is 2.89. The molecule has 4 nitrogen and oxygen atoms in total. The molecule has 0 radical (unpaired) electrons. The van der Waals surface area contributed by atoms with E-state index in [1.807, 2.05) is 18.3 Å². The number of hydrogen-bond acceptors (Lipinski definition) is 2. The monoisotopic (exact) mass is 466 g/mol. The zero-order valence-electron chi connectivity index (χ0n) is 20.1. The molecule has 4 aromatic rings. The zero-order chi connectivity index (χ0) is 23.8. The quantitative estimate of drug-likeness (QED) is 0.339. The van der Waals surface area contributed by atoms with Crippen LogP contribution in [0, 0.1) is 20.8 Å². The van der Waals surface area contributed by atoms with E-state index < -0.39 is 0 Å². The van der Waals surface area contributed by atoms with Gasteiger partial charge in [-0.05, 0) is 98.6 Å². The number of anilines is 1. The number of aromatic nitrogens is 2. The van der Waals surface area contributed by atoms with Crippen LogP contribution in [0.2, 0.25) is 0 Å². The average Bonchev–Trinajstić information content (AvgIpc) is 3.35. The van der Waals surface area contributed by atoms with E-state index in [9.17, 15) is 0 Å². The van der Waals surface area contributed by atoms with E-state index in [1.54, 1.807) is 0 Å². The van der Waals surface area contributed by atoms with Gasteiger partial charge in [-0.3, -0.25) is 4.98 Å². The summed E-state index contributed by atoms with van der Waals surface area (Å²) in [4.78, 5) is 6.96. The van der Waals surface area contributed by atoms with Crippen molar-refractivity contribution in [2.45, 2.75) is 46.2 Å². The predicted octanol–water partition coefficient (Wildman–Crippen LogP) is 6.54. The van der Waals surface area contributed by atoms with E-state index in [-0.39, 0.29) is 12.1 Å². The first kappa shape index (κ1) is 22.4. The molecule has 5 rings (SSSR count). The lowest BCUT2D eigenvalue weighted by Crippen LogP contribution is -2.29. The molecule has 3 heterocycles. The molecule has 2 aromatic heterocycles. The highest BCUT2D eigenvalue weighted by atomic mass is 32.1. The van der Waals surface area contributed by atoms with Crippen molar-refractivity contribution >= 4 is 23.0 Å². The summed E-state index contributed by atoms with van der Waals surface area (Å²) in [6.45, 7) is 8.69. The number of benzene rings is 2. The maximum atomic E-state index is 5.90. The Hall–Kier alpha value is -3.44. The molecule has 2 aromatic carbocycles. The number of pyridine rings is 1. The molecule has 0 spiro atoms. The van der Waals surface area contributed by atoms with E-state index in [4.69, 9.17) is 17.2 Å². The van der Waals surface area contributed by atoms with Crippen LogP contribution in [0.4, 0.5) is 5.69 Å². The maximum Gasteiger partial charge on any atom is 0.174 e. The Kier molecular flexibility index (Phi) is 5.96. The third kappa shape index (κ3) is 3.90. The molecular weight excluding hydrogens is 436 g/mol.